The zero-order chi connectivity index (χ0) is 36.3. The lowest BCUT2D eigenvalue weighted by Gasteiger charge is -2.26. The first-order chi connectivity index (χ1) is 27.3. The average Bonchev–Trinajstić information content (AvgIpc) is 3.83. The molecule has 2 aromatic heterocycles. The Morgan fingerprint density at radius 3 is 1.69 bits per heavy atom. The van der Waals surface area contributed by atoms with Gasteiger partial charge in [-0.2, -0.15) is 0 Å². The Morgan fingerprint density at radius 1 is 0.345 bits per heavy atom. The van der Waals surface area contributed by atoms with Crippen molar-refractivity contribution >= 4 is 81.3 Å². The van der Waals surface area contributed by atoms with Gasteiger partial charge in [-0.05, 0) is 105 Å². The molecule has 0 atom stereocenters. The molecule has 2 heterocycles. The van der Waals surface area contributed by atoms with Gasteiger partial charge in [0.25, 0.3) is 0 Å². The number of hydrogen-bond donors (Lipinski definition) is 0. The maximum Gasteiger partial charge on any atom is 0.143 e. The number of nitrogens with zero attached hydrogens (tertiary/aromatic N) is 1. The zero-order valence-electron chi connectivity index (χ0n) is 29.8. The monoisotopic (exact) mass is 719 g/mol. The maximum absolute atomic E-state index is 6.67. The number of furan rings is 1. The Balaban J connectivity index is 1.03. The Labute approximate surface area is 322 Å². The van der Waals surface area contributed by atoms with Gasteiger partial charge >= 0.3 is 0 Å². The van der Waals surface area contributed by atoms with Gasteiger partial charge in [0.05, 0.1) is 0 Å². The molecule has 0 N–H and O–H groups in total. The second kappa shape index (κ2) is 12.9. The second-order valence-corrected chi connectivity index (χ2v) is 15.2. The first-order valence-electron chi connectivity index (χ1n) is 18.7. The van der Waals surface area contributed by atoms with Crippen LogP contribution in [-0.4, -0.2) is 0 Å². The highest BCUT2D eigenvalue weighted by Gasteiger charge is 2.18. The van der Waals surface area contributed by atoms with Crippen LogP contribution in [0.25, 0.3) is 86.3 Å². The van der Waals surface area contributed by atoms with Gasteiger partial charge in [-0.1, -0.05) is 133 Å². The van der Waals surface area contributed by atoms with Crippen LogP contribution in [0.1, 0.15) is 0 Å². The molecule has 3 heteroatoms. The number of fused-ring (bicyclic) bond motifs is 8. The van der Waals surface area contributed by atoms with E-state index in [-0.39, 0.29) is 0 Å². The maximum atomic E-state index is 6.67. The standard InChI is InChI=1S/C52H33NOS/c1-3-12-34(13-4-1)35-22-27-39(28-23-35)53(38-14-5-2-6-15-38)40-29-24-36(25-30-40)45-33-47-46-32-37(26-31-48(46)54-52(47)43-17-8-7-16-42(43)45)41-19-11-21-50-51(41)44-18-9-10-20-49(44)55-50/h1-33H. The van der Waals surface area contributed by atoms with E-state index < -0.39 is 0 Å². The predicted molar refractivity (Wildman–Crippen MR) is 235 cm³/mol. The van der Waals surface area contributed by atoms with Gasteiger partial charge in [0, 0.05) is 53.4 Å². The summed E-state index contributed by atoms with van der Waals surface area (Å²) in [7, 11) is 0. The van der Waals surface area contributed by atoms with E-state index in [0.717, 1.165) is 50.0 Å². The van der Waals surface area contributed by atoms with Crippen LogP contribution in [0.2, 0.25) is 0 Å². The molecule has 0 aliphatic rings. The van der Waals surface area contributed by atoms with Crippen LogP contribution in [0.3, 0.4) is 0 Å². The van der Waals surface area contributed by atoms with Crippen LogP contribution in [0.5, 0.6) is 0 Å². The van der Waals surface area contributed by atoms with Crippen molar-refractivity contribution in [3.8, 4) is 33.4 Å². The van der Waals surface area contributed by atoms with Crippen LogP contribution in [-0.2, 0) is 0 Å². The van der Waals surface area contributed by atoms with Crippen molar-refractivity contribution in [1.29, 1.82) is 0 Å². The zero-order valence-corrected chi connectivity index (χ0v) is 30.6. The highest BCUT2D eigenvalue weighted by molar-refractivity contribution is 7.25. The Bertz CT molecular complexity index is 3180. The second-order valence-electron chi connectivity index (χ2n) is 14.1. The number of benzene rings is 9. The third-order valence-electron chi connectivity index (χ3n) is 10.9. The molecule has 0 fully saturated rings. The smallest absolute Gasteiger partial charge is 0.143 e. The molecule has 0 saturated heterocycles. The molecule has 0 radical (unpaired) electrons. The first kappa shape index (κ1) is 31.6. The van der Waals surface area contributed by atoms with E-state index in [9.17, 15) is 0 Å². The van der Waals surface area contributed by atoms with Gasteiger partial charge in [-0.3, -0.25) is 0 Å². The van der Waals surface area contributed by atoms with Crippen LogP contribution in [0.4, 0.5) is 17.1 Å². The summed E-state index contributed by atoms with van der Waals surface area (Å²) >= 11 is 1.86. The lowest BCUT2D eigenvalue weighted by Crippen LogP contribution is -2.09. The summed E-state index contributed by atoms with van der Waals surface area (Å²) in [5, 5.41) is 7.17. The molecule has 2 nitrogen and oxygen atoms in total. The van der Waals surface area contributed by atoms with Crippen LogP contribution in [0.15, 0.2) is 205 Å². The molecular formula is C52H33NOS. The van der Waals surface area contributed by atoms with Crippen molar-refractivity contribution in [2.45, 2.75) is 0 Å². The molecule has 0 amide bonds. The van der Waals surface area contributed by atoms with Gasteiger partial charge in [0.1, 0.15) is 11.2 Å². The summed E-state index contributed by atoms with van der Waals surface area (Å²) in [6, 6.07) is 72.0. The minimum absolute atomic E-state index is 0.899. The van der Waals surface area contributed by atoms with Gasteiger partial charge in [0.2, 0.25) is 0 Å². The molecule has 0 bridgehead atoms. The van der Waals surface area contributed by atoms with E-state index in [2.05, 4.69) is 205 Å². The number of hydrogen-bond acceptors (Lipinski definition) is 3. The molecular weight excluding hydrogens is 687 g/mol. The van der Waals surface area contributed by atoms with Crippen molar-refractivity contribution in [3.05, 3.63) is 200 Å². The quantitative estimate of drug-likeness (QED) is 0.170. The molecule has 0 aliphatic heterocycles. The van der Waals surface area contributed by atoms with Crippen molar-refractivity contribution in [2.24, 2.45) is 0 Å². The Kier molecular flexibility index (Phi) is 7.39. The third-order valence-corrected chi connectivity index (χ3v) is 12.0. The van der Waals surface area contributed by atoms with Crippen LogP contribution >= 0.6 is 11.3 Å². The SMILES string of the molecule is c1ccc(-c2ccc(N(c3ccccc3)c3ccc(-c4cc5c6cc(-c7cccc8sc9ccccc9c78)ccc6oc5c5ccccc45)cc3)cc2)cc1. The normalized spacial score (nSPS) is 11.6. The van der Waals surface area contributed by atoms with E-state index in [1.54, 1.807) is 0 Å². The fourth-order valence-corrected chi connectivity index (χ4v) is 9.40. The molecule has 11 rings (SSSR count). The summed E-state index contributed by atoms with van der Waals surface area (Å²) < 4.78 is 9.29. The Morgan fingerprint density at radius 2 is 0.927 bits per heavy atom. The number of rotatable bonds is 6. The number of para-hydroxylation sites is 1. The molecule has 55 heavy (non-hydrogen) atoms. The predicted octanol–water partition coefficient (Wildman–Crippen LogP) is 15.6. The molecule has 0 aliphatic carbocycles. The molecule has 11 aromatic rings. The van der Waals surface area contributed by atoms with E-state index in [1.165, 1.54) is 53.4 Å². The summed E-state index contributed by atoms with van der Waals surface area (Å²) in [6.45, 7) is 0. The third kappa shape index (κ3) is 5.32. The summed E-state index contributed by atoms with van der Waals surface area (Å²) in [6.07, 6.45) is 0. The largest absolute Gasteiger partial charge is 0.455 e. The Hall–Kier alpha value is -6.94. The average molecular weight is 720 g/mol. The van der Waals surface area contributed by atoms with E-state index in [1.807, 2.05) is 11.3 Å². The van der Waals surface area contributed by atoms with Crippen molar-refractivity contribution in [2.75, 3.05) is 4.90 Å². The minimum atomic E-state index is 0.899. The molecule has 0 unspecified atom stereocenters. The summed E-state index contributed by atoms with van der Waals surface area (Å²) in [4.78, 5) is 2.32. The fraction of sp³-hybridized carbons (Fsp3) is 0. The van der Waals surface area contributed by atoms with Gasteiger partial charge in [-0.15, -0.1) is 11.3 Å². The number of thiophene rings is 1. The van der Waals surface area contributed by atoms with Crippen molar-refractivity contribution in [1.82, 2.24) is 0 Å². The first-order valence-corrected chi connectivity index (χ1v) is 19.5. The van der Waals surface area contributed by atoms with Gasteiger partial charge in [-0.25, -0.2) is 0 Å². The highest BCUT2D eigenvalue weighted by atomic mass is 32.1. The topological polar surface area (TPSA) is 16.4 Å². The highest BCUT2D eigenvalue weighted by Crippen LogP contribution is 2.44. The van der Waals surface area contributed by atoms with E-state index in [4.69, 9.17) is 4.42 Å². The molecule has 258 valence electrons. The van der Waals surface area contributed by atoms with Crippen molar-refractivity contribution < 1.29 is 4.42 Å². The minimum Gasteiger partial charge on any atom is -0.455 e. The van der Waals surface area contributed by atoms with E-state index >= 15 is 0 Å². The summed E-state index contributed by atoms with van der Waals surface area (Å²) in [5.41, 5.74) is 12.4. The molecule has 0 spiro atoms. The number of anilines is 3. The molecule has 9 aromatic carbocycles. The van der Waals surface area contributed by atoms with Crippen molar-refractivity contribution in [3.63, 3.8) is 0 Å². The molecule has 0 saturated carbocycles. The lowest BCUT2D eigenvalue weighted by atomic mass is 9.94. The van der Waals surface area contributed by atoms with E-state index in [0.29, 0.717) is 0 Å². The lowest BCUT2D eigenvalue weighted by molar-refractivity contribution is 0.673. The summed E-state index contributed by atoms with van der Waals surface area (Å²) in [5.74, 6) is 0. The fourth-order valence-electron chi connectivity index (χ4n) is 8.27. The van der Waals surface area contributed by atoms with Gasteiger partial charge in [0.15, 0.2) is 0 Å². The van der Waals surface area contributed by atoms with Crippen LogP contribution < -0.4 is 4.90 Å². The van der Waals surface area contributed by atoms with Crippen LogP contribution in [0, 0.1) is 0 Å². The van der Waals surface area contributed by atoms with Gasteiger partial charge < -0.3 is 9.32 Å².